The van der Waals surface area contributed by atoms with Gasteiger partial charge in [-0.3, -0.25) is 9.05 Å². The van der Waals surface area contributed by atoms with Crippen molar-refractivity contribution in [1.82, 2.24) is 0 Å². The average molecular weight is 588 g/mol. The molecule has 1 aliphatic heterocycles. The monoisotopic (exact) mass is 587 g/mol. The van der Waals surface area contributed by atoms with Crippen LogP contribution in [0, 0.1) is 0 Å². The second kappa shape index (κ2) is 21.3. The Balaban J connectivity index is 1.57. The number of ether oxygens (including phenoxy) is 2. The highest BCUT2D eigenvalue weighted by atomic mass is 31.2. The van der Waals surface area contributed by atoms with E-state index in [1.54, 1.807) is 0 Å². The van der Waals surface area contributed by atoms with Crippen LogP contribution in [-0.4, -0.2) is 57.2 Å². The van der Waals surface area contributed by atoms with Crippen LogP contribution in [0.2, 0.25) is 0 Å². The van der Waals surface area contributed by atoms with Crippen molar-refractivity contribution in [1.29, 1.82) is 0 Å². The molecule has 2 atom stereocenters. The van der Waals surface area contributed by atoms with Crippen LogP contribution in [0.3, 0.4) is 0 Å². The van der Waals surface area contributed by atoms with Crippen molar-refractivity contribution in [2.24, 2.45) is 0 Å². The first-order valence-electron chi connectivity index (χ1n) is 16.7. The topological polar surface area (TPSA) is 77.1 Å². The van der Waals surface area contributed by atoms with Gasteiger partial charge in [-0.2, -0.15) is 0 Å². The second-order valence-corrected chi connectivity index (χ2v) is 14.0. The van der Waals surface area contributed by atoms with E-state index >= 15 is 0 Å². The lowest BCUT2D eigenvalue weighted by Gasteiger charge is -2.30. The average Bonchev–Trinajstić information content (AvgIpc) is 3.28. The summed E-state index contributed by atoms with van der Waals surface area (Å²) in [6, 6.07) is 0. The van der Waals surface area contributed by atoms with Crippen molar-refractivity contribution < 1.29 is 32.5 Å². The van der Waals surface area contributed by atoms with E-state index in [0.717, 1.165) is 57.2 Å². The lowest BCUT2D eigenvalue weighted by Crippen LogP contribution is -2.34. The number of likely N-dealkylation sites (tertiary alicyclic amines) is 1. The van der Waals surface area contributed by atoms with Crippen molar-refractivity contribution in [3.63, 3.8) is 0 Å². The van der Waals surface area contributed by atoms with Crippen molar-refractivity contribution in [3.8, 4) is 0 Å². The Morgan fingerprint density at radius 2 is 1.43 bits per heavy atom. The number of hydrogen-bond acceptors (Lipinski definition) is 6. The number of unbranched alkanes of at least 4 members (excludes halogenated alkanes) is 13. The van der Waals surface area contributed by atoms with Gasteiger partial charge in [0.05, 0.1) is 40.0 Å². The molecule has 40 heavy (non-hydrogen) atoms. The molecule has 2 rings (SSSR count). The molecule has 2 fully saturated rings. The van der Waals surface area contributed by atoms with Crippen LogP contribution in [0.25, 0.3) is 0 Å². The molecular formula is C32H62NO6P. The fraction of sp³-hybridized carbons (Fsp3) is 0.938. The van der Waals surface area contributed by atoms with Crippen molar-refractivity contribution >= 4 is 7.82 Å². The van der Waals surface area contributed by atoms with Crippen LogP contribution in [0.4, 0.5) is 0 Å². The van der Waals surface area contributed by atoms with Crippen LogP contribution < -0.4 is 4.89 Å². The Morgan fingerprint density at radius 1 is 0.850 bits per heavy atom. The molecule has 1 heterocycles. The van der Waals surface area contributed by atoms with Gasteiger partial charge in [0.25, 0.3) is 0 Å². The molecule has 236 valence electrons. The van der Waals surface area contributed by atoms with Gasteiger partial charge >= 0.3 is 7.82 Å². The Kier molecular flexibility index (Phi) is 19.0. The van der Waals surface area contributed by atoms with Crippen molar-refractivity contribution in [2.45, 2.75) is 154 Å². The molecular weight excluding hydrogens is 525 g/mol. The summed E-state index contributed by atoms with van der Waals surface area (Å²) < 4.78 is 35.7. The summed E-state index contributed by atoms with van der Waals surface area (Å²) in [6.07, 6.45) is 27.2. The van der Waals surface area contributed by atoms with Crippen LogP contribution in [-0.2, 0) is 23.1 Å². The lowest BCUT2D eigenvalue weighted by atomic mass is 9.98. The Hall–Kier alpha value is -0.430. The fourth-order valence-electron chi connectivity index (χ4n) is 5.85. The highest BCUT2D eigenvalue weighted by Gasteiger charge is 2.30. The summed E-state index contributed by atoms with van der Waals surface area (Å²) in [6.45, 7) is 4.20. The number of phosphoric ester groups is 1. The molecule has 1 aliphatic carbocycles. The summed E-state index contributed by atoms with van der Waals surface area (Å²) in [7, 11) is -0.341. The SMILES string of the molecule is CCCCCCCCCCCCCCCCOCC(COP(=O)([O-])OC=C1CCC[N+]1(C)C)OC1CCCCC1. The molecule has 2 aliphatic rings. The van der Waals surface area contributed by atoms with Gasteiger partial charge in [0.15, 0.2) is 0 Å². The van der Waals surface area contributed by atoms with E-state index in [9.17, 15) is 9.46 Å². The molecule has 0 aromatic heterocycles. The summed E-state index contributed by atoms with van der Waals surface area (Å²) in [5.41, 5.74) is 0.964. The van der Waals surface area contributed by atoms with Crippen LogP contribution in [0.15, 0.2) is 12.0 Å². The maximum absolute atomic E-state index is 12.5. The van der Waals surface area contributed by atoms with Gasteiger partial charge in [-0.05, 0) is 19.3 Å². The maximum atomic E-state index is 12.5. The first-order valence-corrected chi connectivity index (χ1v) is 18.2. The highest BCUT2D eigenvalue weighted by molar-refractivity contribution is 7.46. The summed E-state index contributed by atoms with van der Waals surface area (Å²) in [5.74, 6) is 0. The van der Waals surface area contributed by atoms with Gasteiger partial charge in [-0.15, -0.1) is 0 Å². The first-order chi connectivity index (χ1) is 19.3. The Bertz CT molecular complexity index is 710. The standard InChI is InChI=1S/C32H62NO6P/c1-4-5-6-7-8-9-10-11-12-13-14-15-16-20-26-36-28-32(39-31-23-18-17-19-24-31)29-38-40(34,35)37-27-30-22-21-25-33(30,2)3/h27,31-32H,4-26,28-29H2,1-3H3. The predicted octanol–water partition coefficient (Wildman–Crippen LogP) is 8.42. The van der Waals surface area contributed by atoms with Gasteiger partial charge in [0.2, 0.25) is 0 Å². The maximum Gasteiger partial charge on any atom is 0.319 e. The molecule has 8 heteroatoms. The van der Waals surface area contributed by atoms with E-state index in [2.05, 4.69) is 21.0 Å². The number of nitrogens with zero attached hydrogens (tertiary/aromatic N) is 1. The van der Waals surface area contributed by atoms with E-state index in [4.69, 9.17) is 18.5 Å². The number of allylic oxidation sites excluding steroid dienone is 1. The molecule has 1 saturated heterocycles. The minimum Gasteiger partial charge on any atom is -0.746 e. The lowest BCUT2D eigenvalue weighted by molar-refractivity contribution is -0.843. The van der Waals surface area contributed by atoms with Gasteiger partial charge < -0.3 is 23.4 Å². The van der Waals surface area contributed by atoms with Gasteiger partial charge in [0, 0.05) is 19.4 Å². The van der Waals surface area contributed by atoms with Crippen LogP contribution >= 0.6 is 7.82 Å². The predicted molar refractivity (Wildman–Crippen MR) is 162 cm³/mol. The summed E-state index contributed by atoms with van der Waals surface area (Å²) >= 11 is 0. The normalized spacial score (nSPS) is 21.1. The zero-order valence-corrected chi connectivity index (χ0v) is 27.1. The summed E-state index contributed by atoms with van der Waals surface area (Å²) in [5, 5.41) is 0. The third kappa shape index (κ3) is 16.9. The minimum atomic E-state index is -4.46. The number of rotatable bonds is 24. The molecule has 7 nitrogen and oxygen atoms in total. The molecule has 0 aromatic carbocycles. The number of phosphoric acid groups is 1. The third-order valence-electron chi connectivity index (χ3n) is 8.55. The molecule has 0 radical (unpaired) electrons. The van der Waals surface area contributed by atoms with Crippen molar-refractivity contribution in [3.05, 3.63) is 12.0 Å². The van der Waals surface area contributed by atoms with Crippen molar-refractivity contribution in [2.75, 3.05) is 40.5 Å². The fourth-order valence-corrected chi connectivity index (χ4v) is 6.51. The molecule has 1 saturated carbocycles. The van der Waals surface area contributed by atoms with E-state index in [1.165, 1.54) is 96.2 Å². The third-order valence-corrected chi connectivity index (χ3v) is 9.38. The molecule has 0 spiro atoms. The van der Waals surface area contributed by atoms with E-state index in [-0.39, 0.29) is 12.7 Å². The molecule has 2 unspecified atom stereocenters. The zero-order chi connectivity index (χ0) is 28.9. The Morgan fingerprint density at radius 3 is 1.98 bits per heavy atom. The number of quaternary nitrogens is 1. The quantitative estimate of drug-likeness (QED) is 0.0488. The second-order valence-electron chi connectivity index (χ2n) is 12.7. The molecule has 0 N–H and O–H groups in total. The molecule has 0 bridgehead atoms. The molecule has 0 amide bonds. The highest BCUT2D eigenvalue weighted by Crippen LogP contribution is 2.40. The largest absolute Gasteiger partial charge is 0.746 e. The Labute approximate surface area is 246 Å². The summed E-state index contributed by atoms with van der Waals surface area (Å²) in [4.78, 5) is 12.5. The van der Waals surface area contributed by atoms with E-state index in [1.807, 2.05) is 0 Å². The minimum absolute atomic E-state index is 0.0720. The smallest absolute Gasteiger partial charge is 0.319 e. The van der Waals surface area contributed by atoms with Crippen LogP contribution in [0.1, 0.15) is 142 Å². The van der Waals surface area contributed by atoms with Gasteiger partial charge in [-0.1, -0.05) is 110 Å². The number of hydrogen-bond donors (Lipinski definition) is 0. The van der Waals surface area contributed by atoms with Gasteiger partial charge in [0.1, 0.15) is 18.1 Å². The first kappa shape index (κ1) is 35.8. The van der Waals surface area contributed by atoms with E-state index in [0.29, 0.717) is 17.7 Å². The van der Waals surface area contributed by atoms with E-state index < -0.39 is 13.9 Å². The zero-order valence-electron chi connectivity index (χ0n) is 26.3. The van der Waals surface area contributed by atoms with Gasteiger partial charge in [-0.25, -0.2) is 0 Å². The molecule has 0 aromatic rings. The van der Waals surface area contributed by atoms with Crippen LogP contribution in [0.5, 0.6) is 0 Å².